The molecule has 0 unspecified atom stereocenters. The van der Waals surface area contributed by atoms with E-state index < -0.39 is 0 Å². The molecule has 1 N–H and O–H groups in total. The summed E-state index contributed by atoms with van der Waals surface area (Å²) in [6.07, 6.45) is 1.85. The molecule has 0 spiro atoms. The molecule has 1 aromatic carbocycles. The van der Waals surface area contributed by atoms with Crippen molar-refractivity contribution in [1.82, 2.24) is 9.97 Å². The van der Waals surface area contributed by atoms with Gasteiger partial charge >= 0.3 is 0 Å². The van der Waals surface area contributed by atoms with Crippen molar-refractivity contribution in [2.24, 2.45) is 4.99 Å². The second kappa shape index (κ2) is 4.01. The second-order valence-electron chi connectivity index (χ2n) is 3.86. The number of hydrogen-bond acceptors (Lipinski definition) is 4. The predicted molar refractivity (Wildman–Crippen MR) is 63.3 cm³/mol. The highest BCUT2D eigenvalue weighted by atomic mass is 16.5. The lowest BCUT2D eigenvalue weighted by Crippen LogP contribution is -2.08. The highest BCUT2D eigenvalue weighted by Crippen LogP contribution is 2.14. The van der Waals surface area contributed by atoms with Crippen molar-refractivity contribution >= 4 is 22.7 Å². The van der Waals surface area contributed by atoms with Crippen LogP contribution in [-0.4, -0.2) is 34.8 Å². The molecule has 86 valence electrons. The molecule has 1 aliphatic heterocycles. The molecule has 1 aliphatic rings. The van der Waals surface area contributed by atoms with Crippen molar-refractivity contribution in [2.75, 3.05) is 13.2 Å². The van der Waals surface area contributed by atoms with Crippen LogP contribution in [-0.2, 0) is 4.74 Å². The summed E-state index contributed by atoms with van der Waals surface area (Å²) in [5.74, 6) is 0.557. The number of imidazole rings is 1. The van der Waals surface area contributed by atoms with E-state index in [0.717, 1.165) is 11.0 Å². The van der Waals surface area contributed by atoms with Gasteiger partial charge in [0.15, 0.2) is 11.7 Å². The van der Waals surface area contributed by atoms with E-state index in [4.69, 9.17) is 4.74 Å². The van der Waals surface area contributed by atoms with Gasteiger partial charge in [-0.05, 0) is 18.2 Å². The number of carbonyl (C=O) groups excluding carboxylic acids is 1. The van der Waals surface area contributed by atoms with Crippen molar-refractivity contribution in [2.45, 2.75) is 6.42 Å². The summed E-state index contributed by atoms with van der Waals surface area (Å²) in [5.41, 5.74) is 2.38. The average molecular weight is 229 g/mol. The van der Waals surface area contributed by atoms with Crippen molar-refractivity contribution in [3.8, 4) is 0 Å². The molecule has 0 saturated carbocycles. The molecular formula is C12H11N3O2. The number of fused-ring (bicyclic) bond motifs is 1. The zero-order valence-electron chi connectivity index (χ0n) is 9.14. The molecule has 0 amide bonds. The molecule has 3 rings (SSSR count). The van der Waals surface area contributed by atoms with Gasteiger partial charge in [0.1, 0.15) is 6.61 Å². The van der Waals surface area contributed by atoms with Gasteiger partial charge in [0.2, 0.25) is 0 Å². The maximum absolute atomic E-state index is 12.0. The number of Topliss-reactive ketones (excluding diaryl/α,β-unsaturated/α-hetero) is 1. The minimum atomic E-state index is 0.0159. The van der Waals surface area contributed by atoms with Gasteiger partial charge in [-0.15, -0.1) is 0 Å². The minimum Gasteiger partial charge on any atom is -0.479 e. The number of ketones is 1. The van der Waals surface area contributed by atoms with Gasteiger partial charge in [0, 0.05) is 5.56 Å². The lowest BCUT2D eigenvalue weighted by molar-refractivity contribution is 0.0995. The van der Waals surface area contributed by atoms with Gasteiger partial charge < -0.3 is 9.72 Å². The lowest BCUT2D eigenvalue weighted by Gasteiger charge is -2.01. The first-order valence-electron chi connectivity index (χ1n) is 5.45. The Balaban J connectivity index is 1.84. The number of ether oxygens (including phenoxy) is 1. The summed E-state index contributed by atoms with van der Waals surface area (Å²) in [6.45, 7) is 1.24. The SMILES string of the molecule is O=C(CC1=NCCO1)c1ccc2nc[nH]c2c1. The van der Waals surface area contributed by atoms with E-state index in [1.807, 2.05) is 6.07 Å². The van der Waals surface area contributed by atoms with Crippen LogP contribution in [0.1, 0.15) is 16.8 Å². The van der Waals surface area contributed by atoms with E-state index in [-0.39, 0.29) is 12.2 Å². The Morgan fingerprint density at radius 1 is 1.47 bits per heavy atom. The number of benzene rings is 1. The topological polar surface area (TPSA) is 67.3 Å². The number of hydrogen-bond donors (Lipinski definition) is 1. The van der Waals surface area contributed by atoms with Gasteiger partial charge in [-0.2, -0.15) is 0 Å². The monoisotopic (exact) mass is 229 g/mol. The van der Waals surface area contributed by atoms with Crippen LogP contribution in [0.3, 0.4) is 0 Å². The van der Waals surface area contributed by atoms with E-state index in [1.165, 1.54) is 0 Å². The molecule has 0 fully saturated rings. The average Bonchev–Trinajstić information content (AvgIpc) is 2.97. The third-order valence-corrected chi connectivity index (χ3v) is 2.70. The maximum Gasteiger partial charge on any atom is 0.191 e. The first kappa shape index (κ1) is 10.0. The minimum absolute atomic E-state index is 0.0159. The van der Waals surface area contributed by atoms with Gasteiger partial charge in [-0.3, -0.25) is 9.79 Å². The molecular weight excluding hydrogens is 218 g/mol. The molecule has 5 heteroatoms. The number of carbonyl (C=O) groups is 1. The molecule has 0 atom stereocenters. The quantitative estimate of drug-likeness (QED) is 0.812. The molecule has 0 saturated heterocycles. The van der Waals surface area contributed by atoms with E-state index in [9.17, 15) is 4.79 Å². The van der Waals surface area contributed by atoms with Crippen LogP contribution < -0.4 is 0 Å². The van der Waals surface area contributed by atoms with Gasteiger partial charge in [0.25, 0.3) is 0 Å². The first-order valence-corrected chi connectivity index (χ1v) is 5.45. The van der Waals surface area contributed by atoms with Crippen molar-refractivity contribution in [3.63, 3.8) is 0 Å². The van der Waals surface area contributed by atoms with Crippen LogP contribution in [0.25, 0.3) is 11.0 Å². The molecule has 0 bridgehead atoms. The van der Waals surface area contributed by atoms with Crippen molar-refractivity contribution in [3.05, 3.63) is 30.1 Å². The standard InChI is InChI=1S/C12H11N3O2/c16-11(6-12-13-3-4-17-12)8-1-2-9-10(5-8)15-7-14-9/h1-2,5,7H,3-4,6H2,(H,14,15). The Kier molecular flexibility index (Phi) is 2.36. The van der Waals surface area contributed by atoms with Crippen LogP contribution >= 0.6 is 0 Å². The van der Waals surface area contributed by atoms with Gasteiger partial charge in [-0.1, -0.05) is 0 Å². The number of H-pyrrole nitrogens is 1. The maximum atomic E-state index is 12.0. The Bertz CT molecular complexity index is 601. The van der Waals surface area contributed by atoms with Crippen LogP contribution in [0.15, 0.2) is 29.5 Å². The van der Waals surface area contributed by atoms with E-state index in [1.54, 1.807) is 18.5 Å². The lowest BCUT2D eigenvalue weighted by atomic mass is 10.1. The molecule has 5 nitrogen and oxygen atoms in total. The molecule has 0 aliphatic carbocycles. The summed E-state index contributed by atoms with van der Waals surface area (Å²) in [7, 11) is 0. The number of aromatic nitrogens is 2. The summed E-state index contributed by atoms with van der Waals surface area (Å²) in [6, 6.07) is 5.41. The van der Waals surface area contributed by atoms with E-state index in [2.05, 4.69) is 15.0 Å². The number of nitrogens with zero attached hydrogens (tertiary/aromatic N) is 2. The van der Waals surface area contributed by atoms with Crippen molar-refractivity contribution in [1.29, 1.82) is 0 Å². The third kappa shape index (κ3) is 1.91. The molecule has 1 aromatic heterocycles. The fourth-order valence-corrected chi connectivity index (χ4v) is 1.83. The Morgan fingerprint density at radius 2 is 2.41 bits per heavy atom. The smallest absolute Gasteiger partial charge is 0.191 e. The molecule has 0 radical (unpaired) electrons. The Labute approximate surface area is 97.5 Å². The summed E-state index contributed by atoms with van der Waals surface area (Å²) >= 11 is 0. The van der Waals surface area contributed by atoms with Gasteiger partial charge in [-0.25, -0.2) is 4.98 Å². The Hall–Kier alpha value is -2.17. The zero-order valence-corrected chi connectivity index (χ0v) is 9.14. The highest BCUT2D eigenvalue weighted by molar-refractivity contribution is 6.08. The third-order valence-electron chi connectivity index (χ3n) is 2.70. The molecule has 2 heterocycles. The summed E-state index contributed by atoms with van der Waals surface area (Å²) in [5, 5.41) is 0. The number of nitrogens with one attached hydrogen (secondary N) is 1. The van der Waals surface area contributed by atoms with Gasteiger partial charge in [0.05, 0.1) is 30.3 Å². The number of aliphatic imine (C=N–C) groups is 1. The number of rotatable bonds is 3. The van der Waals surface area contributed by atoms with Crippen LogP contribution in [0.4, 0.5) is 0 Å². The van der Waals surface area contributed by atoms with E-state index in [0.29, 0.717) is 24.6 Å². The molecule has 17 heavy (non-hydrogen) atoms. The Morgan fingerprint density at radius 3 is 3.24 bits per heavy atom. The fourth-order valence-electron chi connectivity index (χ4n) is 1.83. The van der Waals surface area contributed by atoms with Crippen LogP contribution in [0.5, 0.6) is 0 Å². The largest absolute Gasteiger partial charge is 0.479 e. The van der Waals surface area contributed by atoms with Crippen molar-refractivity contribution < 1.29 is 9.53 Å². The molecule has 2 aromatic rings. The zero-order chi connectivity index (χ0) is 11.7. The number of aromatic amines is 1. The first-order chi connectivity index (χ1) is 8.33. The van der Waals surface area contributed by atoms with Crippen LogP contribution in [0, 0.1) is 0 Å². The second-order valence-corrected chi connectivity index (χ2v) is 3.86. The summed E-state index contributed by atoms with van der Waals surface area (Å²) in [4.78, 5) is 23.2. The predicted octanol–water partition coefficient (Wildman–Crippen LogP) is 1.56. The van der Waals surface area contributed by atoms with E-state index >= 15 is 0 Å². The highest BCUT2D eigenvalue weighted by Gasteiger charge is 2.14. The van der Waals surface area contributed by atoms with Crippen LogP contribution in [0.2, 0.25) is 0 Å². The summed E-state index contributed by atoms with van der Waals surface area (Å²) < 4.78 is 5.23. The normalized spacial score (nSPS) is 14.7. The fraction of sp³-hybridized carbons (Fsp3) is 0.250.